The first-order chi connectivity index (χ1) is 6.90. The zero-order chi connectivity index (χ0) is 9.80. The van der Waals surface area contributed by atoms with Crippen LogP contribution in [0.5, 0.6) is 0 Å². The van der Waals surface area contributed by atoms with Crippen LogP contribution in [0, 0.1) is 0 Å². The third-order valence-corrected chi connectivity index (χ3v) is 2.89. The molecule has 0 atom stereocenters. The molecule has 0 aliphatic rings. The minimum absolute atomic E-state index is 0.967. The summed E-state index contributed by atoms with van der Waals surface area (Å²) in [5.41, 5.74) is 2.20. The molecule has 2 aromatic rings. The van der Waals surface area contributed by atoms with E-state index in [9.17, 15) is 0 Å². The molecule has 14 heavy (non-hydrogen) atoms. The number of nitrogens with one attached hydrogen (secondary N) is 1. The lowest BCUT2D eigenvalue weighted by molar-refractivity contribution is 0.568. The Bertz CT molecular complexity index is 380. The van der Waals surface area contributed by atoms with Gasteiger partial charge in [0.15, 0.2) is 0 Å². The van der Waals surface area contributed by atoms with Crippen molar-refractivity contribution in [2.75, 3.05) is 13.6 Å². The molecule has 4 heteroatoms. The van der Waals surface area contributed by atoms with Crippen LogP contribution in [-0.2, 0) is 6.42 Å². The van der Waals surface area contributed by atoms with Gasteiger partial charge in [-0.3, -0.25) is 0 Å². The van der Waals surface area contributed by atoms with Crippen molar-refractivity contribution >= 4 is 11.3 Å². The van der Waals surface area contributed by atoms with E-state index in [1.165, 1.54) is 0 Å². The first-order valence-corrected chi connectivity index (χ1v) is 5.39. The highest BCUT2D eigenvalue weighted by Crippen LogP contribution is 2.23. The standard InChI is InChI=1S/C10H12N2OS/c1-11-4-2-9-7-14-10(12-9)8-3-5-13-6-8/h3,5-7,11H,2,4H2,1H3. The second-order valence-electron chi connectivity index (χ2n) is 3.01. The van der Waals surface area contributed by atoms with E-state index in [-0.39, 0.29) is 0 Å². The van der Waals surface area contributed by atoms with Crippen LogP contribution < -0.4 is 5.32 Å². The van der Waals surface area contributed by atoms with E-state index in [0.29, 0.717) is 0 Å². The molecule has 0 unspecified atom stereocenters. The predicted octanol–water partition coefficient (Wildman–Crippen LogP) is 2.17. The van der Waals surface area contributed by atoms with Crippen molar-refractivity contribution in [1.29, 1.82) is 0 Å². The zero-order valence-corrected chi connectivity index (χ0v) is 8.80. The highest BCUT2D eigenvalue weighted by atomic mass is 32.1. The average Bonchev–Trinajstić information content (AvgIpc) is 2.85. The zero-order valence-electron chi connectivity index (χ0n) is 7.99. The lowest BCUT2D eigenvalue weighted by Crippen LogP contribution is -2.10. The van der Waals surface area contributed by atoms with Gasteiger partial charge in [-0.15, -0.1) is 11.3 Å². The van der Waals surface area contributed by atoms with Gasteiger partial charge in [0, 0.05) is 23.9 Å². The summed E-state index contributed by atoms with van der Waals surface area (Å²) in [6, 6.07) is 1.93. The molecule has 74 valence electrons. The van der Waals surface area contributed by atoms with Crippen LogP contribution in [0.25, 0.3) is 10.6 Å². The average molecular weight is 208 g/mol. The first-order valence-electron chi connectivity index (χ1n) is 4.51. The van der Waals surface area contributed by atoms with Gasteiger partial charge in [-0.05, 0) is 13.1 Å². The molecule has 0 bridgehead atoms. The molecule has 2 rings (SSSR count). The fraction of sp³-hybridized carbons (Fsp3) is 0.300. The maximum absolute atomic E-state index is 5.01. The van der Waals surface area contributed by atoms with Crippen molar-refractivity contribution in [3.05, 3.63) is 29.7 Å². The maximum atomic E-state index is 5.01. The molecule has 0 saturated carbocycles. The van der Waals surface area contributed by atoms with Gasteiger partial charge < -0.3 is 9.73 Å². The van der Waals surface area contributed by atoms with Crippen molar-refractivity contribution < 1.29 is 4.42 Å². The summed E-state index contributed by atoms with van der Waals surface area (Å²) < 4.78 is 5.01. The smallest absolute Gasteiger partial charge is 0.126 e. The number of furan rings is 1. The normalized spacial score (nSPS) is 10.6. The summed E-state index contributed by atoms with van der Waals surface area (Å²) >= 11 is 1.66. The Morgan fingerprint density at radius 3 is 3.21 bits per heavy atom. The van der Waals surface area contributed by atoms with Gasteiger partial charge >= 0.3 is 0 Å². The highest BCUT2D eigenvalue weighted by molar-refractivity contribution is 7.13. The number of rotatable bonds is 4. The van der Waals surface area contributed by atoms with Gasteiger partial charge in [-0.25, -0.2) is 4.98 Å². The monoisotopic (exact) mass is 208 g/mol. The van der Waals surface area contributed by atoms with Crippen molar-refractivity contribution in [2.24, 2.45) is 0 Å². The Hall–Kier alpha value is -1.13. The largest absolute Gasteiger partial charge is 0.472 e. The summed E-state index contributed by atoms with van der Waals surface area (Å²) in [5, 5.41) is 6.24. The number of hydrogen-bond donors (Lipinski definition) is 1. The maximum Gasteiger partial charge on any atom is 0.126 e. The van der Waals surface area contributed by atoms with Crippen LogP contribution >= 0.6 is 11.3 Å². The summed E-state index contributed by atoms with van der Waals surface area (Å²) in [6.45, 7) is 0.967. The van der Waals surface area contributed by atoms with E-state index in [1.54, 1.807) is 23.9 Å². The summed E-state index contributed by atoms with van der Waals surface area (Å²) in [5.74, 6) is 0. The second kappa shape index (κ2) is 4.39. The number of nitrogens with zero attached hydrogens (tertiary/aromatic N) is 1. The van der Waals surface area contributed by atoms with Crippen molar-refractivity contribution in [3.63, 3.8) is 0 Å². The van der Waals surface area contributed by atoms with E-state index < -0.39 is 0 Å². The summed E-state index contributed by atoms with van der Waals surface area (Å²) in [6.07, 6.45) is 4.37. The molecule has 0 aromatic carbocycles. The van der Waals surface area contributed by atoms with E-state index >= 15 is 0 Å². The van der Waals surface area contributed by atoms with Crippen LogP contribution in [0.15, 0.2) is 28.4 Å². The van der Waals surface area contributed by atoms with Crippen LogP contribution in [0.4, 0.5) is 0 Å². The lowest BCUT2D eigenvalue weighted by atomic mass is 10.3. The van der Waals surface area contributed by atoms with Crippen LogP contribution in [0.2, 0.25) is 0 Å². The number of hydrogen-bond acceptors (Lipinski definition) is 4. The number of aromatic nitrogens is 1. The van der Waals surface area contributed by atoms with E-state index in [1.807, 2.05) is 13.1 Å². The second-order valence-corrected chi connectivity index (χ2v) is 3.87. The highest BCUT2D eigenvalue weighted by Gasteiger charge is 2.04. The van der Waals surface area contributed by atoms with Gasteiger partial charge in [0.25, 0.3) is 0 Å². The number of thiazole rings is 1. The Labute approximate surface area is 86.8 Å². The van der Waals surface area contributed by atoms with Gasteiger partial charge in [-0.2, -0.15) is 0 Å². The van der Waals surface area contributed by atoms with Gasteiger partial charge in [0.1, 0.15) is 11.3 Å². The van der Waals surface area contributed by atoms with Crippen LogP contribution in [0.3, 0.4) is 0 Å². The quantitative estimate of drug-likeness (QED) is 0.836. The molecular formula is C10H12N2OS. The molecule has 0 saturated heterocycles. The van der Waals surface area contributed by atoms with Gasteiger partial charge in [0.2, 0.25) is 0 Å². The molecular weight excluding hydrogens is 196 g/mol. The third kappa shape index (κ3) is 2.02. The Morgan fingerprint density at radius 2 is 2.50 bits per heavy atom. The molecule has 0 spiro atoms. The molecule has 0 radical (unpaired) electrons. The van der Waals surface area contributed by atoms with E-state index in [0.717, 1.165) is 29.2 Å². The fourth-order valence-electron chi connectivity index (χ4n) is 1.19. The molecule has 0 amide bonds. The molecule has 1 N–H and O–H groups in total. The van der Waals surface area contributed by atoms with E-state index in [2.05, 4.69) is 15.7 Å². The molecule has 0 aliphatic carbocycles. The lowest BCUT2D eigenvalue weighted by Gasteiger charge is -1.93. The summed E-state index contributed by atoms with van der Waals surface area (Å²) in [7, 11) is 1.95. The molecule has 2 aromatic heterocycles. The van der Waals surface area contributed by atoms with Crippen molar-refractivity contribution in [2.45, 2.75) is 6.42 Å². The van der Waals surface area contributed by atoms with Crippen LogP contribution in [0.1, 0.15) is 5.69 Å². The van der Waals surface area contributed by atoms with Crippen molar-refractivity contribution in [3.8, 4) is 10.6 Å². The molecule has 0 aliphatic heterocycles. The Balaban J connectivity index is 2.10. The first kappa shape index (κ1) is 9.43. The molecule has 2 heterocycles. The van der Waals surface area contributed by atoms with Gasteiger partial charge in [0.05, 0.1) is 12.0 Å². The molecule has 0 fully saturated rings. The van der Waals surface area contributed by atoms with E-state index in [4.69, 9.17) is 4.42 Å². The summed E-state index contributed by atoms with van der Waals surface area (Å²) in [4.78, 5) is 4.51. The van der Waals surface area contributed by atoms with Gasteiger partial charge in [-0.1, -0.05) is 0 Å². The Morgan fingerprint density at radius 1 is 1.57 bits per heavy atom. The predicted molar refractivity (Wildman–Crippen MR) is 57.4 cm³/mol. The topological polar surface area (TPSA) is 38.1 Å². The molecule has 3 nitrogen and oxygen atoms in total. The third-order valence-electron chi connectivity index (χ3n) is 1.95. The minimum atomic E-state index is 0.967. The van der Waals surface area contributed by atoms with Crippen LogP contribution in [-0.4, -0.2) is 18.6 Å². The Kier molecular flexibility index (Phi) is 2.96. The number of likely N-dealkylation sites (N-methyl/N-ethyl adjacent to an activating group) is 1. The van der Waals surface area contributed by atoms with Crippen molar-refractivity contribution in [1.82, 2.24) is 10.3 Å². The SMILES string of the molecule is CNCCc1csc(-c2ccoc2)n1. The fourth-order valence-corrected chi connectivity index (χ4v) is 2.03. The minimum Gasteiger partial charge on any atom is -0.472 e.